The molecule has 144 valence electrons. The third-order valence-electron chi connectivity index (χ3n) is 4.88. The van der Waals surface area contributed by atoms with Crippen LogP contribution in [0.4, 0.5) is 0 Å². The second-order valence-electron chi connectivity index (χ2n) is 6.73. The molecule has 3 aromatic heterocycles. The molecule has 1 amide bonds. The second kappa shape index (κ2) is 7.30. The standard InChI is InChI=1S/C20H22N6O2/c1-4-15(18-9-10-21-25(18)3)23-20(27)17-11-14(28-24-17)12-26-13(2)22-16-7-5-6-8-19(16)26/h5-11,15H,4,12H2,1-3H3,(H,23,27)/t15-/m0/s1. The van der Waals surface area contributed by atoms with Crippen molar-refractivity contribution in [1.82, 2.24) is 29.8 Å². The van der Waals surface area contributed by atoms with Crippen LogP contribution in [-0.4, -0.2) is 30.4 Å². The molecule has 4 aromatic rings. The van der Waals surface area contributed by atoms with Crippen LogP contribution in [0.25, 0.3) is 11.0 Å². The number of hydrogen-bond donors (Lipinski definition) is 1. The molecule has 28 heavy (non-hydrogen) atoms. The molecule has 8 nitrogen and oxygen atoms in total. The number of amides is 1. The van der Waals surface area contributed by atoms with Crippen LogP contribution in [0.2, 0.25) is 0 Å². The van der Waals surface area contributed by atoms with E-state index in [1.807, 2.05) is 55.8 Å². The zero-order valence-electron chi connectivity index (χ0n) is 16.1. The molecular weight excluding hydrogens is 356 g/mol. The predicted molar refractivity (Wildman–Crippen MR) is 104 cm³/mol. The number of imidazole rings is 1. The fraction of sp³-hybridized carbons (Fsp3) is 0.300. The molecule has 1 aromatic carbocycles. The summed E-state index contributed by atoms with van der Waals surface area (Å²) in [5, 5.41) is 11.1. The van der Waals surface area contributed by atoms with Gasteiger partial charge >= 0.3 is 0 Å². The number of nitrogens with one attached hydrogen (secondary N) is 1. The molecule has 1 atom stereocenters. The lowest BCUT2D eigenvalue weighted by Crippen LogP contribution is -2.29. The number of hydrogen-bond acceptors (Lipinski definition) is 5. The van der Waals surface area contributed by atoms with Crippen LogP contribution in [0, 0.1) is 6.92 Å². The summed E-state index contributed by atoms with van der Waals surface area (Å²) in [7, 11) is 1.86. The van der Waals surface area contributed by atoms with E-state index >= 15 is 0 Å². The van der Waals surface area contributed by atoms with Gasteiger partial charge in [0, 0.05) is 19.3 Å². The number of carbonyl (C=O) groups excluding carboxylic acids is 1. The van der Waals surface area contributed by atoms with Crippen LogP contribution in [0.15, 0.2) is 47.1 Å². The first kappa shape index (κ1) is 18.0. The molecule has 0 aliphatic heterocycles. The van der Waals surface area contributed by atoms with Gasteiger partial charge in [-0.05, 0) is 31.5 Å². The van der Waals surface area contributed by atoms with Gasteiger partial charge in [0.25, 0.3) is 5.91 Å². The summed E-state index contributed by atoms with van der Waals surface area (Å²) in [6.45, 7) is 4.42. The summed E-state index contributed by atoms with van der Waals surface area (Å²) in [4.78, 5) is 17.2. The molecule has 0 bridgehead atoms. The quantitative estimate of drug-likeness (QED) is 0.557. The second-order valence-corrected chi connectivity index (χ2v) is 6.73. The van der Waals surface area contributed by atoms with Crippen molar-refractivity contribution in [2.24, 2.45) is 7.05 Å². The van der Waals surface area contributed by atoms with Crippen molar-refractivity contribution < 1.29 is 9.32 Å². The molecule has 4 rings (SSSR count). The fourth-order valence-corrected chi connectivity index (χ4v) is 3.39. The average molecular weight is 378 g/mol. The van der Waals surface area contributed by atoms with Gasteiger partial charge in [-0.15, -0.1) is 0 Å². The van der Waals surface area contributed by atoms with Crippen molar-refractivity contribution in [3.8, 4) is 0 Å². The van der Waals surface area contributed by atoms with E-state index < -0.39 is 0 Å². The summed E-state index contributed by atoms with van der Waals surface area (Å²) >= 11 is 0. The minimum absolute atomic E-state index is 0.139. The van der Waals surface area contributed by atoms with Gasteiger partial charge in [0.15, 0.2) is 11.5 Å². The summed E-state index contributed by atoms with van der Waals surface area (Å²) in [6.07, 6.45) is 2.46. The van der Waals surface area contributed by atoms with E-state index in [1.165, 1.54) is 0 Å². The Kier molecular flexibility index (Phi) is 4.68. The number of para-hydroxylation sites is 2. The highest BCUT2D eigenvalue weighted by molar-refractivity contribution is 5.92. The number of nitrogens with zero attached hydrogens (tertiary/aromatic N) is 5. The van der Waals surface area contributed by atoms with Gasteiger partial charge in [0.05, 0.1) is 29.3 Å². The van der Waals surface area contributed by atoms with Crippen molar-refractivity contribution in [2.75, 3.05) is 0 Å². The van der Waals surface area contributed by atoms with Gasteiger partial charge in [-0.25, -0.2) is 4.98 Å². The lowest BCUT2D eigenvalue weighted by Gasteiger charge is -2.16. The molecule has 8 heteroatoms. The lowest BCUT2D eigenvalue weighted by molar-refractivity contribution is 0.0924. The molecule has 0 aliphatic carbocycles. The third kappa shape index (κ3) is 3.28. The summed E-state index contributed by atoms with van der Waals surface area (Å²) in [5.74, 6) is 1.21. The molecule has 1 N–H and O–H groups in total. The van der Waals surface area contributed by atoms with Crippen molar-refractivity contribution in [3.63, 3.8) is 0 Å². The molecule has 0 radical (unpaired) electrons. The topological polar surface area (TPSA) is 90.8 Å². The highest BCUT2D eigenvalue weighted by Gasteiger charge is 2.20. The van der Waals surface area contributed by atoms with E-state index in [1.54, 1.807) is 16.9 Å². The van der Waals surface area contributed by atoms with Crippen molar-refractivity contribution in [2.45, 2.75) is 32.9 Å². The first-order valence-electron chi connectivity index (χ1n) is 9.23. The highest BCUT2D eigenvalue weighted by atomic mass is 16.5. The summed E-state index contributed by atoms with van der Waals surface area (Å²) in [6, 6.07) is 11.4. The minimum atomic E-state index is -0.268. The summed E-state index contributed by atoms with van der Waals surface area (Å²) < 4.78 is 9.22. The van der Waals surface area contributed by atoms with Gasteiger partial charge in [0.2, 0.25) is 0 Å². The largest absolute Gasteiger partial charge is 0.359 e. The first-order valence-corrected chi connectivity index (χ1v) is 9.23. The van der Waals surface area contributed by atoms with Gasteiger partial charge in [0.1, 0.15) is 5.82 Å². The smallest absolute Gasteiger partial charge is 0.274 e. The van der Waals surface area contributed by atoms with Gasteiger partial charge < -0.3 is 14.4 Å². The van der Waals surface area contributed by atoms with Crippen LogP contribution in [0.5, 0.6) is 0 Å². The normalized spacial score (nSPS) is 12.4. The SMILES string of the molecule is CC[C@H](NC(=O)c1cc(Cn2c(C)nc3ccccc32)on1)c1ccnn1C. The highest BCUT2D eigenvalue weighted by Crippen LogP contribution is 2.19. The van der Waals surface area contributed by atoms with Crippen LogP contribution < -0.4 is 5.32 Å². The Balaban J connectivity index is 1.51. The number of rotatable bonds is 6. The number of fused-ring (bicyclic) bond motifs is 1. The Morgan fingerprint density at radius 3 is 2.86 bits per heavy atom. The number of carbonyl (C=O) groups is 1. The molecular formula is C20H22N6O2. The van der Waals surface area contributed by atoms with Crippen molar-refractivity contribution in [1.29, 1.82) is 0 Å². The number of benzene rings is 1. The zero-order valence-corrected chi connectivity index (χ0v) is 16.1. The van der Waals surface area contributed by atoms with Gasteiger partial charge in [-0.2, -0.15) is 5.10 Å². The number of aryl methyl sites for hydroxylation is 2. The third-order valence-corrected chi connectivity index (χ3v) is 4.88. The fourth-order valence-electron chi connectivity index (χ4n) is 3.39. The van der Waals surface area contributed by atoms with Crippen LogP contribution in [-0.2, 0) is 13.6 Å². The Morgan fingerprint density at radius 1 is 1.29 bits per heavy atom. The maximum atomic E-state index is 12.6. The molecule has 0 aliphatic rings. The number of aromatic nitrogens is 5. The monoisotopic (exact) mass is 378 g/mol. The average Bonchev–Trinajstić information content (AvgIpc) is 3.40. The Hall–Kier alpha value is -3.42. The Bertz CT molecular complexity index is 1120. The van der Waals surface area contributed by atoms with E-state index in [4.69, 9.17) is 4.52 Å². The Labute approximate surface area is 162 Å². The first-order chi connectivity index (χ1) is 13.6. The van der Waals surface area contributed by atoms with E-state index in [0.717, 1.165) is 29.0 Å². The maximum Gasteiger partial charge on any atom is 0.274 e. The molecule has 0 unspecified atom stereocenters. The van der Waals surface area contributed by atoms with E-state index in [0.29, 0.717) is 12.3 Å². The molecule has 0 saturated carbocycles. The molecule has 0 spiro atoms. The minimum Gasteiger partial charge on any atom is -0.359 e. The van der Waals surface area contributed by atoms with E-state index in [9.17, 15) is 4.79 Å². The van der Waals surface area contributed by atoms with Crippen LogP contribution in [0.3, 0.4) is 0 Å². The predicted octanol–water partition coefficient (Wildman–Crippen LogP) is 3.00. The van der Waals surface area contributed by atoms with Gasteiger partial charge in [-0.1, -0.05) is 24.2 Å². The van der Waals surface area contributed by atoms with E-state index in [-0.39, 0.29) is 17.6 Å². The zero-order chi connectivity index (χ0) is 19.7. The molecule has 0 saturated heterocycles. The van der Waals surface area contributed by atoms with E-state index in [2.05, 4.69) is 20.6 Å². The van der Waals surface area contributed by atoms with Gasteiger partial charge in [-0.3, -0.25) is 9.48 Å². The van der Waals surface area contributed by atoms with Crippen LogP contribution in [0.1, 0.15) is 47.2 Å². The molecule has 0 fully saturated rings. The van der Waals surface area contributed by atoms with Crippen molar-refractivity contribution in [3.05, 3.63) is 65.6 Å². The summed E-state index contributed by atoms with van der Waals surface area (Å²) in [5.41, 5.74) is 3.15. The van der Waals surface area contributed by atoms with Crippen molar-refractivity contribution >= 4 is 16.9 Å². The molecule has 3 heterocycles. The lowest BCUT2D eigenvalue weighted by atomic mass is 10.1. The maximum absolute atomic E-state index is 12.6. The Morgan fingerprint density at radius 2 is 2.11 bits per heavy atom. The van der Waals surface area contributed by atoms with Crippen LogP contribution >= 0.6 is 0 Å².